The monoisotopic (exact) mass is 347 g/mol. The summed E-state index contributed by atoms with van der Waals surface area (Å²) in [4.78, 5) is 14.8. The number of esters is 1. The van der Waals surface area contributed by atoms with Crippen molar-refractivity contribution < 1.29 is 36.2 Å². The summed E-state index contributed by atoms with van der Waals surface area (Å²) >= 11 is 5.41. The first-order valence-electron chi connectivity index (χ1n) is 5.96. The van der Waals surface area contributed by atoms with E-state index in [9.17, 15) is 26.7 Å². The Morgan fingerprint density at radius 3 is 2.50 bits per heavy atom. The highest BCUT2D eigenvalue weighted by Gasteiger charge is 2.34. The van der Waals surface area contributed by atoms with Crippen LogP contribution in [0.2, 0.25) is 0 Å². The lowest BCUT2D eigenvalue weighted by Crippen LogP contribution is -2.20. The van der Waals surface area contributed by atoms with Gasteiger partial charge in [-0.15, -0.1) is 24.8 Å². The van der Waals surface area contributed by atoms with E-state index in [1.54, 1.807) is 0 Å². The summed E-state index contributed by atoms with van der Waals surface area (Å²) < 4.78 is 71.1. The number of nitrogens with zero attached hydrogens (tertiary/aromatic N) is 1. The SMILES string of the molecule is CCOC(=O)Cc1cc(OC(F)(F)F)c(CCl)c(C(F)F)n1. The predicted molar refractivity (Wildman–Crippen MR) is 65.8 cm³/mol. The molecular weight excluding hydrogens is 337 g/mol. The molecule has 0 N–H and O–H groups in total. The molecule has 4 nitrogen and oxygen atoms in total. The van der Waals surface area contributed by atoms with Gasteiger partial charge in [-0.3, -0.25) is 9.78 Å². The van der Waals surface area contributed by atoms with Gasteiger partial charge in [-0.25, -0.2) is 8.78 Å². The Morgan fingerprint density at radius 1 is 1.41 bits per heavy atom. The zero-order chi connectivity index (χ0) is 16.9. The molecule has 0 saturated heterocycles. The fourth-order valence-corrected chi connectivity index (χ4v) is 1.87. The minimum Gasteiger partial charge on any atom is -0.466 e. The van der Waals surface area contributed by atoms with Crippen LogP contribution in [0.1, 0.15) is 30.3 Å². The number of ether oxygens (including phenoxy) is 2. The third-order valence-electron chi connectivity index (χ3n) is 2.37. The quantitative estimate of drug-likeness (QED) is 0.446. The van der Waals surface area contributed by atoms with Crippen molar-refractivity contribution in [1.82, 2.24) is 4.98 Å². The van der Waals surface area contributed by atoms with Gasteiger partial charge in [0.2, 0.25) is 0 Å². The van der Waals surface area contributed by atoms with Gasteiger partial charge in [0, 0.05) is 11.6 Å². The van der Waals surface area contributed by atoms with Crippen LogP contribution >= 0.6 is 11.6 Å². The van der Waals surface area contributed by atoms with E-state index < -0.39 is 48.1 Å². The Kier molecular flexibility index (Phi) is 6.34. The van der Waals surface area contributed by atoms with Crippen molar-refractivity contribution in [2.24, 2.45) is 0 Å². The molecule has 0 radical (unpaired) electrons. The molecular formula is C12H11ClF5NO3. The third-order valence-corrected chi connectivity index (χ3v) is 2.63. The van der Waals surface area contributed by atoms with Crippen LogP contribution in [0.3, 0.4) is 0 Å². The highest BCUT2D eigenvalue weighted by molar-refractivity contribution is 6.17. The van der Waals surface area contributed by atoms with Crippen molar-refractivity contribution >= 4 is 17.6 Å². The molecule has 0 aliphatic rings. The van der Waals surface area contributed by atoms with Crippen molar-refractivity contribution in [3.8, 4) is 5.75 Å². The second-order valence-electron chi connectivity index (χ2n) is 3.94. The van der Waals surface area contributed by atoms with Crippen LogP contribution in [0.15, 0.2) is 6.07 Å². The summed E-state index contributed by atoms with van der Waals surface area (Å²) in [6, 6.07) is 0.744. The maximum Gasteiger partial charge on any atom is 0.573 e. The van der Waals surface area contributed by atoms with Gasteiger partial charge in [-0.05, 0) is 6.92 Å². The smallest absolute Gasteiger partial charge is 0.466 e. The van der Waals surface area contributed by atoms with Crippen LogP contribution in [0.5, 0.6) is 5.75 Å². The second kappa shape index (κ2) is 7.57. The molecule has 0 fully saturated rings. The molecule has 1 aromatic rings. The average molecular weight is 348 g/mol. The van der Waals surface area contributed by atoms with E-state index in [4.69, 9.17) is 11.6 Å². The summed E-state index contributed by atoms with van der Waals surface area (Å²) in [7, 11) is 0. The maximum absolute atomic E-state index is 12.9. The molecule has 1 heterocycles. The van der Waals surface area contributed by atoms with Gasteiger partial charge < -0.3 is 9.47 Å². The van der Waals surface area contributed by atoms with E-state index in [-0.39, 0.29) is 12.3 Å². The topological polar surface area (TPSA) is 48.4 Å². The van der Waals surface area contributed by atoms with Crippen LogP contribution in [0.25, 0.3) is 0 Å². The summed E-state index contributed by atoms with van der Waals surface area (Å²) in [5.41, 5.74) is -1.88. The van der Waals surface area contributed by atoms with Crippen molar-refractivity contribution in [2.75, 3.05) is 6.61 Å². The summed E-state index contributed by atoms with van der Waals surface area (Å²) in [5, 5.41) is 0. The molecule has 0 bridgehead atoms. The van der Waals surface area contributed by atoms with Crippen LogP contribution in [-0.4, -0.2) is 23.9 Å². The Labute approximate surface area is 127 Å². The molecule has 0 atom stereocenters. The molecule has 124 valence electrons. The van der Waals surface area contributed by atoms with E-state index >= 15 is 0 Å². The molecule has 10 heteroatoms. The fourth-order valence-electron chi connectivity index (χ4n) is 1.60. The number of halogens is 6. The van der Waals surface area contributed by atoms with Gasteiger partial charge >= 0.3 is 12.3 Å². The predicted octanol–water partition coefficient (Wildman–Crippen LogP) is 3.76. The average Bonchev–Trinajstić information content (AvgIpc) is 2.36. The number of rotatable bonds is 6. The molecule has 0 aromatic carbocycles. The van der Waals surface area contributed by atoms with E-state index in [0.717, 1.165) is 6.07 Å². The number of alkyl halides is 6. The minimum atomic E-state index is -5.09. The van der Waals surface area contributed by atoms with Gasteiger partial charge in [0.1, 0.15) is 11.4 Å². The normalized spacial score (nSPS) is 11.6. The molecule has 0 aliphatic heterocycles. The number of carbonyl (C=O) groups is 1. The van der Waals surface area contributed by atoms with E-state index in [1.807, 2.05) is 0 Å². The second-order valence-corrected chi connectivity index (χ2v) is 4.21. The Hall–Kier alpha value is -1.64. The molecule has 22 heavy (non-hydrogen) atoms. The largest absolute Gasteiger partial charge is 0.573 e. The standard InChI is InChI=1S/C12H11ClF5NO3/c1-2-21-9(20)4-6-3-8(22-12(16,17)18)7(5-13)10(19-6)11(14)15/h3,11H,2,4-5H2,1H3. The van der Waals surface area contributed by atoms with Gasteiger partial charge in [-0.1, -0.05) is 0 Å². The zero-order valence-electron chi connectivity index (χ0n) is 11.2. The molecule has 0 saturated carbocycles. The molecule has 0 unspecified atom stereocenters. The molecule has 1 aromatic heterocycles. The van der Waals surface area contributed by atoms with E-state index in [2.05, 4.69) is 14.5 Å². The third kappa shape index (κ3) is 5.28. The molecule has 1 rings (SSSR count). The Morgan fingerprint density at radius 2 is 2.05 bits per heavy atom. The lowest BCUT2D eigenvalue weighted by molar-refractivity contribution is -0.275. The highest BCUT2D eigenvalue weighted by Crippen LogP contribution is 2.34. The lowest BCUT2D eigenvalue weighted by Gasteiger charge is -2.16. The number of hydrogen-bond acceptors (Lipinski definition) is 4. The molecule has 0 spiro atoms. The summed E-state index contributed by atoms with van der Waals surface area (Å²) in [5.74, 6) is -2.38. The first-order chi connectivity index (χ1) is 10.2. The number of pyridine rings is 1. The van der Waals surface area contributed by atoms with Crippen molar-refractivity contribution in [3.05, 3.63) is 23.0 Å². The molecule has 0 aliphatic carbocycles. The van der Waals surface area contributed by atoms with Crippen LogP contribution in [0.4, 0.5) is 22.0 Å². The van der Waals surface area contributed by atoms with Crippen molar-refractivity contribution in [3.63, 3.8) is 0 Å². The van der Waals surface area contributed by atoms with E-state index in [0.29, 0.717) is 0 Å². The number of aromatic nitrogens is 1. The van der Waals surface area contributed by atoms with Gasteiger partial charge in [-0.2, -0.15) is 0 Å². The number of hydrogen-bond donors (Lipinski definition) is 0. The van der Waals surface area contributed by atoms with Crippen molar-refractivity contribution in [1.29, 1.82) is 0 Å². The van der Waals surface area contributed by atoms with E-state index in [1.165, 1.54) is 6.92 Å². The van der Waals surface area contributed by atoms with Gasteiger partial charge in [0.25, 0.3) is 6.43 Å². The Bertz CT molecular complexity index is 536. The lowest BCUT2D eigenvalue weighted by atomic mass is 10.1. The number of carbonyl (C=O) groups excluding carboxylic acids is 1. The first-order valence-corrected chi connectivity index (χ1v) is 6.49. The first kappa shape index (κ1) is 18.4. The van der Waals surface area contributed by atoms with Gasteiger partial charge in [0.05, 0.1) is 24.6 Å². The van der Waals surface area contributed by atoms with Crippen LogP contribution in [0, 0.1) is 0 Å². The van der Waals surface area contributed by atoms with Crippen LogP contribution < -0.4 is 4.74 Å². The minimum absolute atomic E-state index is 0.0339. The van der Waals surface area contributed by atoms with Crippen molar-refractivity contribution in [2.45, 2.75) is 32.0 Å². The summed E-state index contributed by atoms with van der Waals surface area (Å²) in [6.45, 7) is 1.55. The van der Waals surface area contributed by atoms with Crippen LogP contribution in [-0.2, 0) is 21.8 Å². The fraction of sp³-hybridized carbons (Fsp3) is 0.500. The van der Waals surface area contributed by atoms with Gasteiger partial charge in [0.15, 0.2) is 0 Å². The highest BCUT2D eigenvalue weighted by atomic mass is 35.5. The molecule has 0 amide bonds. The zero-order valence-corrected chi connectivity index (χ0v) is 12.0. The Balaban J connectivity index is 3.27. The maximum atomic E-state index is 12.9. The summed E-state index contributed by atoms with van der Waals surface area (Å²) in [6.07, 6.45) is -8.83.